The van der Waals surface area contributed by atoms with Crippen molar-refractivity contribution in [1.29, 1.82) is 5.26 Å². The van der Waals surface area contributed by atoms with Gasteiger partial charge in [0.25, 0.3) is 0 Å². The molecule has 5 heteroatoms. The number of nitrogens with zero attached hydrogens (tertiary/aromatic N) is 3. The summed E-state index contributed by atoms with van der Waals surface area (Å²) in [4.78, 5) is 4.29. The highest BCUT2D eigenvalue weighted by molar-refractivity contribution is 5.70. The summed E-state index contributed by atoms with van der Waals surface area (Å²) in [6, 6.07) is 3.97. The van der Waals surface area contributed by atoms with Gasteiger partial charge < -0.3 is 4.74 Å². The van der Waals surface area contributed by atoms with Crippen LogP contribution in [0.5, 0.6) is 5.88 Å². The van der Waals surface area contributed by atoms with Crippen molar-refractivity contribution in [1.82, 2.24) is 15.2 Å². The Morgan fingerprint density at radius 1 is 1.41 bits per heavy atom. The molecule has 0 amide bonds. The van der Waals surface area contributed by atoms with Gasteiger partial charge in [0.15, 0.2) is 0 Å². The van der Waals surface area contributed by atoms with Crippen LogP contribution in [-0.4, -0.2) is 22.3 Å². The second-order valence-electron chi connectivity index (χ2n) is 3.66. The van der Waals surface area contributed by atoms with Crippen LogP contribution in [-0.2, 0) is 0 Å². The molecule has 0 aliphatic rings. The van der Waals surface area contributed by atoms with Crippen LogP contribution in [0.1, 0.15) is 16.8 Å². The molecule has 2 rings (SSSR count). The lowest BCUT2D eigenvalue weighted by atomic mass is 10.0. The smallest absolute Gasteiger partial charge is 0.231 e. The molecule has 0 saturated heterocycles. The molecule has 0 atom stereocenters. The van der Waals surface area contributed by atoms with Crippen LogP contribution in [0.3, 0.4) is 0 Å². The molecule has 2 heterocycles. The Bertz CT molecular complexity index is 582. The molecule has 0 fully saturated rings. The lowest BCUT2D eigenvalue weighted by molar-refractivity contribution is 0.395. The van der Waals surface area contributed by atoms with E-state index in [1.807, 2.05) is 19.9 Å². The van der Waals surface area contributed by atoms with Crippen molar-refractivity contribution in [2.45, 2.75) is 13.8 Å². The topological polar surface area (TPSA) is 74.6 Å². The highest BCUT2D eigenvalue weighted by Crippen LogP contribution is 2.30. The second kappa shape index (κ2) is 4.26. The Morgan fingerprint density at radius 3 is 2.71 bits per heavy atom. The Labute approximate surface area is 99.1 Å². The molecule has 0 aromatic carbocycles. The van der Waals surface area contributed by atoms with Crippen molar-refractivity contribution in [3.63, 3.8) is 0 Å². The third-order valence-electron chi connectivity index (χ3n) is 2.67. The Morgan fingerprint density at radius 2 is 2.18 bits per heavy atom. The van der Waals surface area contributed by atoms with Crippen LogP contribution in [0.25, 0.3) is 11.3 Å². The minimum Gasteiger partial charge on any atom is -0.480 e. The van der Waals surface area contributed by atoms with E-state index >= 15 is 0 Å². The van der Waals surface area contributed by atoms with Crippen LogP contribution >= 0.6 is 0 Å². The summed E-state index contributed by atoms with van der Waals surface area (Å²) >= 11 is 0. The van der Waals surface area contributed by atoms with Gasteiger partial charge in [0.2, 0.25) is 5.88 Å². The van der Waals surface area contributed by atoms with E-state index in [1.54, 1.807) is 6.20 Å². The fourth-order valence-corrected chi connectivity index (χ4v) is 1.89. The first-order valence-electron chi connectivity index (χ1n) is 5.14. The molecule has 0 aliphatic carbocycles. The van der Waals surface area contributed by atoms with Gasteiger partial charge in [-0.15, -0.1) is 0 Å². The SMILES string of the molecule is COc1nc(C)c(-c2ccn[nH]2)c(C)c1C#N. The van der Waals surface area contributed by atoms with Crippen molar-refractivity contribution in [2.24, 2.45) is 0 Å². The van der Waals surface area contributed by atoms with Gasteiger partial charge in [-0.3, -0.25) is 5.10 Å². The Kier molecular flexibility index (Phi) is 2.79. The molecule has 0 saturated carbocycles. The Hall–Kier alpha value is -2.35. The monoisotopic (exact) mass is 228 g/mol. The third kappa shape index (κ3) is 1.74. The van der Waals surface area contributed by atoms with Gasteiger partial charge in [-0.1, -0.05) is 0 Å². The van der Waals surface area contributed by atoms with Crippen molar-refractivity contribution in [3.05, 3.63) is 29.1 Å². The zero-order valence-corrected chi connectivity index (χ0v) is 9.90. The zero-order chi connectivity index (χ0) is 12.4. The van der Waals surface area contributed by atoms with E-state index in [9.17, 15) is 0 Å². The highest BCUT2D eigenvalue weighted by Gasteiger charge is 2.17. The van der Waals surface area contributed by atoms with E-state index < -0.39 is 0 Å². The van der Waals surface area contributed by atoms with Crippen molar-refractivity contribution in [2.75, 3.05) is 7.11 Å². The minimum atomic E-state index is 0.366. The molecule has 0 aliphatic heterocycles. The van der Waals surface area contributed by atoms with E-state index in [1.165, 1.54) is 7.11 Å². The first kappa shape index (κ1) is 11.1. The molecule has 2 aromatic rings. The highest BCUT2D eigenvalue weighted by atomic mass is 16.5. The summed E-state index contributed by atoms with van der Waals surface area (Å²) in [7, 11) is 1.51. The average Bonchev–Trinajstić information content (AvgIpc) is 2.82. The number of nitrogens with one attached hydrogen (secondary N) is 1. The second-order valence-corrected chi connectivity index (χ2v) is 3.66. The number of ether oxygens (including phenoxy) is 1. The predicted octanol–water partition coefficient (Wildman–Crippen LogP) is 1.97. The van der Waals surface area contributed by atoms with Crippen LogP contribution in [0.2, 0.25) is 0 Å². The maximum atomic E-state index is 9.15. The maximum absolute atomic E-state index is 9.15. The molecule has 5 nitrogen and oxygen atoms in total. The average molecular weight is 228 g/mol. The van der Waals surface area contributed by atoms with E-state index in [4.69, 9.17) is 10.00 Å². The molecule has 2 aromatic heterocycles. The van der Waals surface area contributed by atoms with E-state index in [-0.39, 0.29) is 0 Å². The van der Waals surface area contributed by atoms with Gasteiger partial charge in [0.05, 0.1) is 18.5 Å². The summed E-state index contributed by atoms with van der Waals surface area (Å²) in [5.74, 6) is 0.366. The molecular formula is C12H12N4O. The molecule has 0 radical (unpaired) electrons. The van der Waals surface area contributed by atoms with Crippen molar-refractivity contribution < 1.29 is 4.74 Å². The number of methoxy groups -OCH3 is 1. The molecule has 1 N–H and O–H groups in total. The van der Waals surface area contributed by atoms with Gasteiger partial charge in [-0.05, 0) is 25.5 Å². The Balaban J connectivity index is 2.74. The number of H-pyrrole nitrogens is 1. The predicted molar refractivity (Wildman–Crippen MR) is 62.6 cm³/mol. The fourth-order valence-electron chi connectivity index (χ4n) is 1.89. The van der Waals surface area contributed by atoms with Gasteiger partial charge in [-0.25, -0.2) is 4.98 Å². The van der Waals surface area contributed by atoms with Crippen molar-refractivity contribution >= 4 is 0 Å². The summed E-state index contributed by atoms with van der Waals surface area (Å²) in [5.41, 5.74) is 3.87. The number of aryl methyl sites for hydroxylation is 1. The van der Waals surface area contributed by atoms with Gasteiger partial charge in [-0.2, -0.15) is 10.4 Å². The lowest BCUT2D eigenvalue weighted by Crippen LogP contribution is -2.01. The standard InChI is InChI=1S/C12H12N4O/c1-7-9(6-13)12(17-3)15-8(2)11(7)10-4-5-14-16-10/h4-5H,1-3H3,(H,14,16). The number of aromatic amines is 1. The van der Waals surface area contributed by atoms with Crippen LogP contribution in [0.15, 0.2) is 12.3 Å². The number of rotatable bonds is 2. The largest absolute Gasteiger partial charge is 0.480 e. The van der Waals surface area contributed by atoms with Gasteiger partial charge >= 0.3 is 0 Å². The van der Waals surface area contributed by atoms with Crippen LogP contribution < -0.4 is 4.74 Å². The van der Waals surface area contributed by atoms with Crippen LogP contribution in [0, 0.1) is 25.2 Å². The quantitative estimate of drug-likeness (QED) is 0.852. The fraction of sp³-hybridized carbons (Fsp3) is 0.250. The molecule has 86 valence electrons. The molecule has 0 spiro atoms. The first-order valence-corrected chi connectivity index (χ1v) is 5.14. The number of hydrogen-bond acceptors (Lipinski definition) is 4. The lowest BCUT2D eigenvalue weighted by Gasteiger charge is -2.11. The number of nitriles is 1. The van der Waals surface area contributed by atoms with Gasteiger partial charge in [0, 0.05) is 11.8 Å². The molecule has 0 bridgehead atoms. The normalized spacial score (nSPS) is 10.0. The maximum Gasteiger partial charge on any atom is 0.231 e. The first-order chi connectivity index (χ1) is 8.19. The van der Waals surface area contributed by atoms with Crippen LogP contribution in [0.4, 0.5) is 0 Å². The zero-order valence-electron chi connectivity index (χ0n) is 9.90. The van der Waals surface area contributed by atoms with E-state index in [2.05, 4.69) is 21.3 Å². The van der Waals surface area contributed by atoms with E-state index in [0.717, 1.165) is 22.5 Å². The summed E-state index contributed by atoms with van der Waals surface area (Å²) < 4.78 is 5.11. The summed E-state index contributed by atoms with van der Waals surface area (Å²) in [6.45, 7) is 3.76. The molecule has 0 unspecified atom stereocenters. The molecule has 17 heavy (non-hydrogen) atoms. The molecular weight excluding hydrogens is 216 g/mol. The van der Waals surface area contributed by atoms with Gasteiger partial charge in [0.1, 0.15) is 11.6 Å². The summed E-state index contributed by atoms with van der Waals surface area (Å²) in [6.07, 6.45) is 1.67. The summed E-state index contributed by atoms with van der Waals surface area (Å²) in [5, 5.41) is 15.9. The van der Waals surface area contributed by atoms with E-state index in [0.29, 0.717) is 11.4 Å². The van der Waals surface area contributed by atoms with Crippen molar-refractivity contribution in [3.8, 4) is 23.2 Å². The number of hydrogen-bond donors (Lipinski definition) is 1. The number of aromatic nitrogens is 3. The third-order valence-corrected chi connectivity index (χ3v) is 2.67. The number of pyridine rings is 1. The minimum absolute atomic E-state index is 0.366.